The molecule has 1 aliphatic heterocycles. The van der Waals surface area contributed by atoms with Gasteiger partial charge in [-0.2, -0.15) is 8.42 Å². The SMILES string of the molecule is O=C(CCCCCC(=O)ON1C(=O)CC(S(=O)(=O)O)C1=O)OCc1ccc(CO)c([N+](=O)[O-])c1. The number of nitro benzene ring substituents is 1. The Hall–Kier alpha value is -3.43. The number of aliphatic hydroxyl groups is 1. The summed E-state index contributed by atoms with van der Waals surface area (Å²) < 4.78 is 36.1. The Kier molecular flexibility index (Phi) is 9.17. The third kappa shape index (κ3) is 7.29. The molecule has 15 heteroatoms. The Morgan fingerprint density at radius 2 is 1.79 bits per heavy atom. The van der Waals surface area contributed by atoms with E-state index in [9.17, 15) is 37.7 Å². The first-order valence-corrected chi connectivity index (χ1v) is 11.5. The highest BCUT2D eigenvalue weighted by molar-refractivity contribution is 7.87. The maximum atomic E-state index is 11.8. The molecule has 14 nitrogen and oxygen atoms in total. The number of hydrogen-bond acceptors (Lipinski definition) is 11. The van der Waals surface area contributed by atoms with E-state index in [1.165, 1.54) is 18.2 Å². The van der Waals surface area contributed by atoms with E-state index in [0.717, 1.165) is 0 Å². The highest BCUT2D eigenvalue weighted by Crippen LogP contribution is 2.22. The van der Waals surface area contributed by atoms with Crippen molar-refractivity contribution in [2.45, 2.75) is 57.0 Å². The van der Waals surface area contributed by atoms with Gasteiger partial charge < -0.3 is 14.7 Å². The zero-order valence-electron chi connectivity index (χ0n) is 17.7. The summed E-state index contributed by atoms with van der Waals surface area (Å²) in [6.07, 6.45) is -0.0854. The van der Waals surface area contributed by atoms with E-state index in [1.807, 2.05) is 0 Å². The molecule has 34 heavy (non-hydrogen) atoms. The van der Waals surface area contributed by atoms with Crippen LogP contribution in [-0.4, -0.2) is 57.1 Å². The van der Waals surface area contributed by atoms with Gasteiger partial charge in [-0.05, 0) is 24.5 Å². The predicted molar refractivity (Wildman–Crippen MR) is 110 cm³/mol. The van der Waals surface area contributed by atoms with Crippen molar-refractivity contribution in [3.63, 3.8) is 0 Å². The number of ether oxygens (including phenoxy) is 1. The van der Waals surface area contributed by atoms with Crippen molar-refractivity contribution in [3.05, 3.63) is 39.4 Å². The van der Waals surface area contributed by atoms with Crippen molar-refractivity contribution in [1.29, 1.82) is 0 Å². The van der Waals surface area contributed by atoms with Gasteiger partial charge in [0.2, 0.25) is 0 Å². The molecule has 1 atom stereocenters. The van der Waals surface area contributed by atoms with Crippen LogP contribution in [0.3, 0.4) is 0 Å². The van der Waals surface area contributed by atoms with E-state index in [-0.39, 0.29) is 42.2 Å². The molecule has 186 valence electrons. The maximum absolute atomic E-state index is 11.8. The van der Waals surface area contributed by atoms with Crippen molar-refractivity contribution in [3.8, 4) is 0 Å². The molecular formula is C19H22N2O12S. The van der Waals surface area contributed by atoms with E-state index < -0.39 is 57.1 Å². The molecule has 1 saturated heterocycles. The summed E-state index contributed by atoms with van der Waals surface area (Å²) in [5.74, 6) is -3.95. The maximum Gasteiger partial charge on any atom is 0.333 e. The van der Waals surface area contributed by atoms with Crippen molar-refractivity contribution < 1.29 is 51.8 Å². The van der Waals surface area contributed by atoms with Gasteiger partial charge in [-0.3, -0.25) is 29.1 Å². The van der Waals surface area contributed by atoms with Gasteiger partial charge in [-0.15, -0.1) is 5.06 Å². The first-order valence-electron chi connectivity index (χ1n) is 10.0. The van der Waals surface area contributed by atoms with Gasteiger partial charge in [0.05, 0.1) is 23.5 Å². The Labute approximate surface area is 193 Å². The zero-order chi connectivity index (χ0) is 25.5. The summed E-state index contributed by atoms with van der Waals surface area (Å²) in [7, 11) is -4.80. The van der Waals surface area contributed by atoms with Crippen LogP contribution in [0.1, 0.15) is 49.7 Å². The molecule has 2 N–H and O–H groups in total. The minimum Gasteiger partial charge on any atom is -0.461 e. The number of hydroxylamine groups is 2. The van der Waals surface area contributed by atoms with Gasteiger partial charge in [-0.1, -0.05) is 12.5 Å². The molecule has 0 radical (unpaired) electrons. The Morgan fingerprint density at radius 3 is 2.35 bits per heavy atom. The van der Waals surface area contributed by atoms with E-state index >= 15 is 0 Å². The number of nitro groups is 1. The van der Waals surface area contributed by atoms with Gasteiger partial charge in [0, 0.05) is 18.9 Å². The second kappa shape index (κ2) is 11.6. The van der Waals surface area contributed by atoms with Crippen LogP contribution in [-0.2, 0) is 52.1 Å². The number of carbonyl (C=O) groups is 4. The standard InChI is InChI=1S/C19H22N2O12S/c22-10-13-7-6-12(8-14(13)21(27)28)11-32-17(24)4-2-1-3-5-18(25)33-20-16(23)9-15(19(20)26)34(29,30)31/h6-8,15,22H,1-5,9-11H2,(H,29,30,31). The highest BCUT2D eigenvalue weighted by Gasteiger charge is 2.48. The average molecular weight is 502 g/mol. The monoisotopic (exact) mass is 502 g/mol. The predicted octanol–water partition coefficient (Wildman–Crippen LogP) is 0.554. The van der Waals surface area contributed by atoms with Gasteiger partial charge in [0.15, 0.2) is 5.25 Å². The topological polar surface area (TPSA) is 208 Å². The van der Waals surface area contributed by atoms with Crippen molar-refractivity contribution in [2.24, 2.45) is 0 Å². The minimum absolute atomic E-state index is 0.00496. The Morgan fingerprint density at radius 1 is 1.15 bits per heavy atom. The molecule has 0 saturated carbocycles. The number of unbranched alkanes of at least 4 members (excludes halogenated alkanes) is 2. The normalized spacial score (nSPS) is 15.9. The second-order valence-electron chi connectivity index (χ2n) is 7.30. The molecule has 0 aliphatic carbocycles. The Bertz CT molecular complexity index is 1080. The number of benzene rings is 1. The summed E-state index contributed by atoms with van der Waals surface area (Å²) in [5.41, 5.74) is 0.228. The summed E-state index contributed by atoms with van der Waals surface area (Å²) in [6, 6.07) is 4.07. The van der Waals surface area contributed by atoms with Crippen molar-refractivity contribution in [2.75, 3.05) is 0 Å². The lowest BCUT2D eigenvalue weighted by Gasteiger charge is -2.13. The number of amides is 2. The molecule has 0 bridgehead atoms. The summed E-state index contributed by atoms with van der Waals surface area (Å²) >= 11 is 0. The average Bonchev–Trinajstić information content (AvgIpc) is 3.05. The summed E-state index contributed by atoms with van der Waals surface area (Å²) in [6.45, 7) is -0.695. The molecular weight excluding hydrogens is 480 g/mol. The van der Waals surface area contributed by atoms with E-state index in [2.05, 4.69) is 4.84 Å². The Balaban J connectivity index is 1.67. The van der Waals surface area contributed by atoms with Crippen molar-refractivity contribution >= 4 is 39.6 Å². The number of aliphatic hydroxyl groups excluding tert-OH is 1. The molecule has 2 amide bonds. The number of rotatable bonds is 12. The smallest absolute Gasteiger partial charge is 0.333 e. The third-order valence-electron chi connectivity index (χ3n) is 4.79. The first kappa shape index (κ1) is 26.8. The van der Waals surface area contributed by atoms with Crippen LogP contribution in [0.4, 0.5) is 5.69 Å². The quantitative estimate of drug-likeness (QED) is 0.100. The van der Waals surface area contributed by atoms with E-state index in [4.69, 9.17) is 14.4 Å². The number of imide groups is 1. The van der Waals surface area contributed by atoms with Crippen LogP contribution >= 0.6 is 0 Å². The lowest BCUT2D eigenvalue weighted by atomic mass is 10.1. The molecule has 1 heterocycles. The number of esters is 1. The lowest BCUT2D eigenvalue weighted by Crippen LogP contribution is -2.36. The second-order valence-corrected chi connectivity index (χ2v) is 8.90. The fraction of sp³-hybridized carbons (Fsp3) is 0.474. The van der Waals surface area contributed by atoms with Crippen LogP contribution in [0.2, 0.25) is 0 Å². The van der Waals surface area contributed by atoms with Crippen LogP contribution in [0.15, 0.2) is 18.2 Å². The summed E-state index contributed by atoms with van der Waals surface area (Å²) in [5, 5.41) is 18.1. The van der Waals surface area contributed by atoms with Gasteiger partial charge in [-0.25, -0.2) is 4.79 Å². The van der Waals surface area contributed by atoms with E-state index in [0.29, 0.717) is 18.4 Å². The molecule has 1 unspecified atom stereocenters. The third-order valence-corrected chi connectivity index (χ3v) is 5.88. The van der Waals surface area contributed by atoms with Crippen molar-refractivity contribution in [1.82, 2.24) is 5.06 Å². The fourth-order valence-corrected chi connectivity index (χ4v) is 3.72. The fourth-order valence-electron chi connectivity index (χ4n) is 3.01. The van der Waals surface area contributed by atoms with Gasteiger partial charge >= 0.3 is 11.9 Å². The van der Waals surface area contributed by atoms with Crippen LogP contribution in [0.5, 0.6) is 0 Å². The van der Waals surface area contributed by atoms with Gasteiger partial charge in [0.1, 0.15) is 6.61 Å². The molecule has 0 aromatic heterocycles. The number of hydrogen-bond donors (Lipinski definition) is 2. The van der Waals surface area contributed by atoms with Crippen LogP contribution in [0.25, 0.3) is 0 Å². The number of nitrogens with zero attached hydrogens (tertiary/aromatic N) is 2. The number of carbonyl (C=O) groups excluding carboxylic acids is 4. The van der Waals surface area contributed by atoms with E-state index in [1.54, 1.807) is 0 Å². The highest BCUT2D eigenvalue weighted by atomic mass is 32.2. The molecule has 1 aliphatic rings. The lowest BCUT2D eigenvalue weighted by molar-refractivity contribution is -0.385. The summed E-state index contributed by atoms with van der Waals surface area (Å²) in [4.78, 5) is 62.0. The van der Waals surface area contributed by atoms with Crippen LogP contribution in [0, 0.1) is 10.1 Å². The molecule has 2 rings (SSSR count). The molecule has 1 aromatic rings. The molecule has 0 spiro atoms. The molecule has 1 fully saturated rings. The van der Waals surface area contributed by atoms with Crippen LogP contribution < -0.4 is 0 Å². The van der Waals surface area contributed by atoms with Gasteiger partial charge in [0.25, 0.3) is 27.6 Å². The first-order chi connectivity index (χ1) is 15.9. The largest absolute Gasteiger partial charge is 0.461 e. The zero-order valence-corrected chi connectivity index (χ0v) is 18.6. The minimum atomic E-state index is -4.80. The molecule has 1 aromatic carbocycles.